The van der Waals surface area contributed by atoms with Crippen LogP contribution < -0.4 is 10.3 Å². The number of nitrogens with zero attached hydrogens (tertiary/aromatic N) is 2. The second-order valence-corrected chi connectivity index (χ2v) is 4.61. The number of aromatic nitrogens is 2. The largest absolute Gasteiger partial charge is 0.506 e. The molecule has 0 saturated carbocycles. The minimum Gasteiger partial charge on any atom is -0.506 e. The van der Waals surface area contributed by atoms with E-state index < -0.39 is 0 Å². The van der Waals surface area contributed by atoms with E-state index in [2.05, 4.69) is 4.98 Å². The van der Waals surface area contributed by atoms with Crippen LogP contribution in [0.3, 0.4) is 0 Å². The molecule has 0 radical (unpaired) electrons. The zero-order valence-electron chi connectivity index (χ0n) is 10.6. The molecule has 5 heteroatoms. The Morgan fingerprint density at radius 1 is 1.20 bits per heavy atom. The van der Waals surface area contributed by atoms with E-state index in [1.165, 1.54) is 12.3 Å². The number of fused-ring (bicyclic) bond motifs is 3. The van der Waals surface area contributed by atoms with Gasteiger partial charge in [0.25, 0.3) is 5.56 Å². The highest BCUT2D eigenvalue weighted by molar-refractivity contribution is 6.17. The zero-order valence-corrected chi connectivity index (χ0v) is 10.6. The summed E-state index contributed by atoms with van der Waals surface area (Å²) in [6.45, 7) is 0. The average Bonchev–Trinajstić information content (AvgIpc) is 2.82. The Balaban J connectivity index is 2.51. The summed E-state index contributed by atoms with van der Waals surface area (Å²) >= 11 is 0. The quantitative estimate of drug-likeness (QED) is 0.573. The maximum Gasteiger partial charge on any atom is 0.255 e. The van der Waals surface area contributed by atoms with Gasteiger partial charge in [-0.15, -0.1) is 0 Å². The molecule has 20 heavy (non-hydrogen) atoms. The lowest BCUT2D eigenvalue weighted by atomic mass is 10.1. The van der Waals surface area contributed by atoms with Crippen LogP contribution in [0.1, 0.15) is 0 Å². The van der Waals surface area contributed by atoms with Gasteiger partial charge < -0.3 is 9.84 Å². The van der Waals surface area contributed by atoms with Gasteiger partial charge in [-0.25, -0.2) is 0 Å². The van der Waals surface area contributed by atoms with E-state index in [1.54, 1.807) is 23.6 Å². The lowest BCUT2D eigenvalue weighted by Crippen LogP contribution is -2.10. The Morgan fingerprint density at radius 2 is 2.05 bits per heavy atom. The van der Waals surface area contributed by atoms with Gasteiger partial charge in [0.1, 0.15) is 11.5 Å². The summed E-state index contributed by atoms with van der Waals surface area (Å²) in [6, 6.07) is 8.60. The van der Waals surface area contributed by atoms with Crippen LogP contribution in [0.4, 0.5) is 0 Å². The molecule has 4 aromatic rings. The van der Waals surface area contributed by atoms with Crippen LogP contribution in [0.15, 0.2) is 41.3 Å². The van der Waals surface area contributed by atoms with E-state index in [0.717, 1.165) is 5.39 Å². The number of rotatable bonds is 1. The van der Waals surface area contributed by atoms with Crippen LogP contribution in [0, 0.1) is 0 Å². The van der Waals surface area contributed by atoms with Crippen molar-refractivity contribution in [2.45, 2.75) is 0 Å². The number of ether oxygens (including phenoxy) is 1. The van der Waals surface area contributed by atoms with Gasteiger partial charge in [-0.2, -0.15) is 0 Å². The molecule has 0 fully saturated rings. The maximum absolute atomic E-state index is 12.2. The van der Waals surface area contributed by atoms with Crippen molar-refractivity contribution in [3.8, 4) is 11.5 Å². The van der Waals surface area contributed by atoms with Gasteiger partial charge >= 0.3 is 0 Å². The molecule has 98 valence electrons. The Hall–Kier alpha value is -2.82. The van der Waals surface area contributed by atoms with E-state index in [4.69, 9.17) is 4.74 Å². The Labute approximate surface area is 113 Å². The predicted molar refractivity (Wildman–Crippen MR) is 75.9 cm³/mol. The highest BCUT2D eigenvalue weighted by Crippen LogP contribution is 2.39. The summed E-state index contributed by atoms with van der Waals surface area (Å²) < 4.78 is 6.93. The van der Waals surface area contributed by atoms with Gasteiger partial charge in [-0.3, -0.25) is 14.2 Å². The second kappa shape index (κ2) is 3.60. The van der Waals surface area contributed by atoms with E-state index >= 15 is 0 Å². The summed E-state index contributed by atoms with van der Waals surface area (Å²) in [4.78, 5) is 16.4. The maximum atomic E-state index is 12.2. The lowest BCUT2D eigenvalue weighted by molar-refractivity contribution is 0.420. The molecule has 3 aromatic heterocycles. The van der Waals surface area contributed by atoms with Gasteiger partial charge in [0.05, 0.1) is 40.6 Å². The predicted octanol–water partition coefficient (Wildman–Crippen LogP) is 2.15. The molecule has 0 aliphatic rings. The zero-order chi connectivity index (χ0) is 13.9. The van der Waals surface area contributed by atoms with Gasteiger partial charge in [0.15, 0.2) is 0 Å². The van der Waals surface area contributed by atoms with Crippen molar-refractivity contribution in [1.82, 2.24) is 9.38 Å². The van der Waals surface area contributed by atoms with Crippen LogP contribution in [0.25, 0.3) is 27.3 Å². The first-order valence-corrected chi connectivity index (χ1v) is 6.14. The normalized spacial score (nSPS) is 11.7. The summed E-state index contributed by atoms with van der Waals surface area (Å²) in [6.07, 6.45) is 1.40. The van der Waals surface area contributed by atoms with Gasteiger partial charge in [-0.05, 0) is 18.2 Å². The van der Waals surface area contributed by atoms with Crippen LogP contribution in [-0.2, 0) is 0 Å². The fourth-order valence-corrected chi connectivity index (χ4v) is 2.80. The van der Waals surface area contributed by atoms with Crippen LogP contribution in [0.2, 0.25) is 0 Å². The standard InChI is InChI=1S/C15H10N2O3/c1-20-11-4-2-3-9-13(11)14-10(18)7-16-8-5-6-12(19)17(9)15(8)14/h2-7,18H,1H3. The third kappa shape index (κ3) is 1.17. The average molecular weight is 266 g/mol. The van der Waals surface area contributed by atoms with E-state index in [0.29, 0.717) is 27.7 Å². The van der Waals surface area contributed by atoms with Gasteiger partial charge in [0.2, 0.25) is 0 Å². The topological polar surface area (TPSA) is 63.8 Å². The molecule has 0 aliphatic carbocycles. The Bertz CT molecular complexity index is 1020. The summed E-state index contributed by atoms with van der Waals surface area (Å²) in [5.74, 6) is 0.661. The monoisotopic (exact) mass is 266 g/mol. The number of aromatic hydroxyl groups is 1. The third-order valence-corrected chi connectivity index (χ3v) is 3.60. The van der Waals surface area contributed by atoms with Crippen LogP contribution in [-0.4, -0.2) is 21.6 Å². The smallest absolute Gasteiger partial charge is 0.255 e. The lowest BCUT2D eigenvalue weighted by Gasteiger charge is -2.02. The van der Waals surface area contributed by atoms with E-state index in [9.17, 15) is 9.90 Å². The molecule has 0 aliphatic heterocycles. The number of hydrogen-bond acceptors (Lipinski definition) is 4. The van der Waals surface area contributed by atoms with Crippen molar-refractivity contribution < 1.29 is 9.84 Å². The highest BCUT2D eigenvalue weighted by Gasteiger charge is 2.19. The number of pyridine rings is 2. The van der Waals surface area contributed by atoms with Crippen molar-refractivity contribution in [3.63, 3.8) is 0 Å². The first-order chi connectivity index (χ1) is 9.72. The molecule has 5 nitrogen and oxygen atoms in total. The van der Waals surface area contributed by atoms with Crippen LogP contribution >= 0.6 is 0 Å². The molecule has 3 heterocycles. The molecular formula is C15H10N2O3. The highest BCUT2D eigenvalue weighted by atomic mass is 16.5. The first-order valence-electron chi connectivity index (χ1n) is 6.14. The number of benzene rings is 1. The summed E-state index contributed by atoms with van der Waals surface area (Å²) in [5, 5.41) is 11.5. The van der Waals surface area contributed by atoms with Gasteiger partial charge in [0, 0.05) is 6.07 Å². The van der Waals surface area contributed by atoms with Crippen molar-refractivity contribution >= 4 is 27.3 Å². The number of hydrogen-bond donors (Lipinski definition) is 1. The molecule has 0 bridgehead atoms. The molecule has 4 rings (SSSR count). The van der Waals surface area contributed by atoms with Crippen molar-refractivity contribution in [1.29, 1.82) is 0 Å². The molecule has 0 saturated heterocycles. The fraction of sp³-hybridized carbons (Fsp3) is 0.0667. The van der Waals surface area contributed by atoms with Crippen LogP contribution in [0.5, 0.6) is 11.5 Å². The van der Waals surface area contributed by atoms with Crippen molar-refractivity contribution in [2.24, 2.45) is 0 Å². The Kier molecular flexibility index (Phi) is 1.99. The molecule has 0 spiro atoms. The molecule has 0 amide bonds. The second-order valence-electron chi connectivity index (χ2n) is 4.61. The van der Waals surface area contributed by atoms with Gasteiger partial charge in [-0.1, -0.05) is 6.07 Å². The SMILES string of the molecule is COc1cccc2c1c1c(O)cnc3ccc(=O)n2c31. The van der Waals surface area contributed by atoms with E-state index in [-0.39, 0.29) is 11.3 Å². The van der Waals surface area contributed by atoms with Crippen molar-refractivity contribution in [3.05, 3.63) is 46.9 Å². The minimum atomic E-state index is -0.154. The molecule has 0 atom stereocenters. The van der Waals surface area contributed by atoms with E-state index in [1.807, 2.05) is 12.1 Å². The third-order valence-electron chi connectivity index (χ3n) is 3.60. The molecular weight excluding hydrogens is 256 g/mol. The fourth-order valence-electron chi connectivity index (χ4n) is 2.80. The van der Waals surface area contributed by atoms with Crippen molar-refractivity contribution in [2.75, 3.05) is 7.11 Å². The molecule has 1 N–H and O–H groups in total. The molecule has 0 unspecified atom stereocenters. The molecule has 1 aromatic carbocycles. The summed E-state index contributed by atoms with van der Waals surface area (Å²) in [5.41, 5.74) is 1.84. The first kappa shape index (κ1) is 11.0. The Morgan fingerprint density at radius 3 is 2.85 bits per heavy atom. The summed E-state index contributed by atoms with van der Waals surface area (Å²) in [7, 11) is 1.57. The number of methoxy groups -OCH3 is 1. The minimum absolute atomic E-state index is 0.0418.